The molecule has 1 aliphatic heterocycles. The summed E-state index contributed by atoms with van der Waals surface area (Å²) in [7, 11) is 1.86. The van der Waals surface area contributed by atoms with Crippen LogP contribution in [0.1, 0.15) is 24.8 Å². The average Bonchev–Trinajstić information content (AvgIpc) is 3.17. The van der Waals surface area contributed by atoms with Gasteiger partial charge >= 0.3 is 0 Å². The minimum absolute atomic E-state index is 0.115. The van der Waals surface area contributed by atoms with E-state index in [1.54, 1.807) is 6.92 Å². The topological polar surface area (TPSA) is 38.8 Å². The summed E-state index contributed by atoms with van der Waals surface area (Å²) >= 11 is 0. The van der Waals surface area contributed by atoms with E-state index >= 15 is 0 Å². The number of carbonyl (C=O) groups is 1. The highest BCUT2D eigenvalue weighted by molar-refractivity contribution is 5.74. The SMILES string of the molecule is CC(=O)N(C)C1CC1c1cccc2c1OCCO2. The third kappa shape index (κ3) is 1.82. The molecule has 96 valence electrons. The molecule has 1 saturated carbocycles. The molecule has 0 bridgehead atoms. The lowest BCUT2D eigenvalue weighted by Gasteiger charge is -2.22. The van der Waals surface area contributed by atoms with E-state index in [9.17, 15) is 4.79 Å². The molecular weight excluding hydrogens is 230 g/mol. The first-order valence-corrected chi connectivity index (χ1v) is 6.30. The molecule has 0 saturated heterocycles. The molecule has 1 aliphatic carbocycles. The molecule has 1 aromatic carbocycles. The Hall–Kier alpha value is -1.71. The molecule has 2 atom stereocenters. The molecule has 1 amide bonds. The molecule has 2 aliphatic rings. The molecular formula is C14H17NO3. The number of para-hydroxylation sites is 1. The van der Waals surface area contributed by atoms with E-state index in [0.29, 0.717) is 25.2 Å². The van der Waals surface area contributed by atoms with Crippen molar-refractivity contribution < 1.29 is 14.3 Å². The van der Waals surface area contributed by atoms with Crippen LogP contribution in [0.4, 0.5) is 0 Å². The molecule has 2 unspecified atom stereocenters. The van der Waals surface area contributed by atoms with Gasteiger partial charge < -0.3 is 14.4 Å². The Morgan fingerprint density at radius 3 is 2.89 bits per heavy atom. The van der Waals surface area contributed by atoms with E-state index in [1.165, 1.54) is 5.56 Å². The van der Waals surface area contributed by atoms with E-state index in [2.05, 4.69) is 6.07 Å². The maximum absolute atomic E-state index is 11.4. The van der Waals surface area contributed by atoms with Crippen LogP contribution in [0.5, 0.6) is 11.5 Å². The number of rotatable bonds is 2. The Morgan fingerprint density at radius 2 is 2.11 bits per heavy atom. The average molecular weight is 247 g/mol. The smallest absolute Gasteiger partial charge is 0.219 e. The minimum atomic E-state index is 0.115. The van der Waals surface area contributed by atoms with Crippen LogP contribution in [0.3, 0.4) is 0 Å². The number of likely N-dealkylation sites (N-methyl/N-ethyl adjacent to an activating group) is 1. The molecule has 4 heteroatoms. The maximum Gasteiger partial charge on any atom is 0.219 e. The van der Waals surface area contributed by atoms with Gasteiger partial charge in [0.15, 0.2) is 11.5 Å². The highest BCUT2D eigenvalue weighted by atomic mass is 16.6. The summed E-state index contributed by atoms with van der Waals surface area (Å²) in [5.41, 5.74) is 1.17. The van der Waals surface area contributed by atoms with Gasteiger partial charge in [-0.1, -0.05) is 12.1 Å². The van der Waals surface area contributed by atoms with Crippen LogP contribution >= 0.6 is 0 Å². The van der Waals surface area contributed by atoms with E-state index in [4.69, 9.17) is 9.47 Å². The zero-order valence-corrected chi connectivity index (χ0v) is 10.7. The molecule has 1 fully saturated rings. The monoisotopic (exact) mass is 247 g/mol. The molecule has 4 nitrogen and oxygen atoms in total. The van der Waals surface area contributed by atoms with Gasteiger partial charge in [-0.2, -0.15) is 0 Å². The second-order valence-corrected chi connectivity index (χ2v) is 4.91. The van der Waals surface area contributed by atoms with Crippen molar-refractivity contribution in [3.8, 4) is 11.5 Å². The molecule has 1 aromatic rings. The Kier molecular flexibility index (Phi) is 2.65. The zero-order chi connectivity index (χ0) is 12.7. The van der Waals surface area contributed by atoms with E-state index < -0.39 is 0 Å². The van der Waals surface area contributed by atoms with E-state index in [1.807, 2.05) is 24.1 Å². The van der Waals surface area contributed by atoms with Crippen molar-refractivity contribution in [2.75, 3.05) is 20.3 Å². The number of hydrogen-bond acceptors (Lipinski definition) is 3. The van der Waals surface area contributed by atoms with Crippen molar-refractivity contribution in [2.24, 2.45) is 0 Å². The first-order chi connectivity index (χ1) is 8.68. The number of amides is 1. The van der Waals surface area contributed by atoms with Crippen LogP contribution in [-0.2, 0) is 4.79 Å². The molecule has 0 aromatic heterocycles. The normalized spacial score (nSPS) is 24.6. The lowest BCUT2D eigenvalue weighted by molar-refractivity contribution is -0.128. The van der Waals surface area contributed by atoms with Gasteiger partial charge in [-0.3, -0.25) is 4.79 Å². The Morgan fingerprint density at radius 1 is 1.33 bits per heavy atom. The van der Waals surface area contributed by atoms with Gasteiger partial charge in [0, 0.05) is 31.5 Å². The molecule has 0 spiro atoms. The predicted molar refractivity (Wildman–Crippen MR) is 67.0 cm³/mol. The predicted octanol–water partition coefficient (Wildman–Crippen LogP) is 1.79. The van der Waals surface area contributed by atoms with Crippen molar-refractivity contribution in [1.29, 1.82) is 0 Å². The number of hydrogen-bond donors (Lipinski definition) is 0. The summed E-state index contributed by atoms with van der Waals surface area (Å²) in [5, 5.41) is 0. The van der Waals surface area contributed by atoms with Crippen LogP contribution in [-0.4, -0.2) is 37.1 Å². The maximum atomic E-state index is 11.4. The fourth-order valence-electron chi connectivity index (χ4n) is 2.57. The van der Waals surface area contributed by atoms with Gasteiger partial charge in [-0.05, 0) is 12.5 Å². The van der Waals surface area contributed by atoms with Gasteiger partial charge in [0.05, 0.1) is 0 Å². The van der Waals surface area contributed by atoms with Crippen LogP contribution in [0, 0.1) is 0 Å². The number of ether oxygens (including phenoxy) is 2. The number of carbonyl (C=O) groups excluding carboxylic acids is 1. The summed E-state index contributed by atoms with van der Waals surface area (Å²) in [6, 6.07) is 6.31. The summed E-state index contributed by atoms with van der Waals surface area (Å²) in [6.07, 6.45) is 1.01. The van der Waals surface area contributed by atoms with Crippen molar-refractivity contribution in [3.05, 3.63) is 23.8 Å². The molecule has 3 rings (SSSR count). The van der Waals surface area contributed by atoms with E-state index in [-0.39, 0.29) is 5.91 Å². The van der Waals surface area contributed by atoms with Gasteiger partial charge in [-0.25, -0.2) is 0 Å². The second kappa shape index (κ2) is 4.19. The molecule has 18 heavy (non-hydrogen) atoms. The van der Waals surface area contributed by atoms with Crippen LogP contribution in [0.15, 0.2) is 18.2 Å². The first-order valence-electron chi connectivity index (χ1n) is 6.30. The molecule has 0 radical (unpaired) electrons. The molecule has 0 N–H and O–H groups in total. The number of fused-ring (bicyclic) bond motifs is 1. The summed E-state index contributed by atoms with van der Waals surface area (Å²) in [5.74, 6) is 2.20. The summed E-state index contributed by atoms with van der Waals surface area (Å²) in [6.45, 7) is 2.82. The fourth-order valence-corrected chi connectivity index (χ4v) is 2.57. The van der Waals surface area contributed by atoms with Crippen LogP contribution < -0.4 is 9.47 Å². The van der Waals surface area contributed by atoms with Gasteiger partial charge in [-0.15, -0.1) is 0 Å². The Labute approximate surface area is 106 Å². The van der Waals surface area contributed by atoms with Crippen LogP contribution in [0.25, 0.3) is 0 Å². The van der Waals surface area contributed by atoms with Crippen molar-refractivity contribution >= 4 is 5.91 Å². The van der Waals surface area contributed by atoms with Crippen molar-refractivity contribution in [2.45, 2.75) is 25.3 Å². The zero-order valence-electron chi connectivity index (χ0n) is 10.7. The highest BCUT2D eigenvalue weighted by Gasteiger charge is 2.44. The summed E-state index contributed by atoms with van der Waals surface area (Å²) < 4.78 is 11.3. The minimum Gasteiger partial charge on any atom is -0.486 e. The third-order valence-corrected chi connectivity index (χ3v) is 3.75. The van der Waals surface area contributed by atoms with Gasteiger partial charge in [0.25, 0.3) is 0 Å². The van der Waals surface area contributed by atoms with Crippen LogP contribution in [0.2, 0.25) is 0 Å². The lowest BCUT2D eigenvalue weighted by atomic mass is 10.1. The van der Waals surface area contributed by atoms with Crippen molar-refractivity contribution in [3.63, 3.8) is 0 Å². The van der Waals surface area contributed by atoms with Gasteiger partial charge in [0.2, 0.25) is 5.91 Å². The van der Waals surface area contributed by atoms with Crippen molar-refractivity contribution in [1.82, 2.24) is 4.90 Å². The first kappa shape index (κ1) is 11.4. The van der Waals surface area contributed by atoms with E-state index in [0.717, 1.165) is 17.9 Å². The Balaban J connectivity index is 1.84. The Bertz CT molecular complexity index is 486. The molecule has 1 heterocycles. The largest absolute Gasteiger partial charge is 0.486 e. The fraction of sp³-hybridized carbons (Fsp3) is 0.500. The number of benzene rings is 1. The third-order valence-electron chi connectivity index (χ3n) is 3.75. The standard InChI is InChI=1S/C14H17NO3/c1-9(16)15(2)12-8-11(12)10-4-3-5-13-14(10)18-7-6-17-13/h3-5,11-12H,6-8H2,1-2H3. The lowest BCUT2D eigenvalue weighted by Crippen LogP contribution is -2.27. The second-order valence-electron chi connectivity index (χ2n) is 4.91. The quantitative estimate of drug-likeness (QED) is 0.799. The highest BCUT2D eigenvalue weighted by Crippen LogP contribution is 2.50. The number of nitrogens with zero attached hydrogens (tertiary/aromatic N) is 1. The van der Waals surface area contributed by atoms with Gasteiger partial charge in [0.1, 0.15) is 13.2 Å². The summed E-state index contributed by atoms with van der Waals surface area (Å²) in [4.78, 5) is 13.2.